The summed E-state index contributed by atoms with van der Waals surface area (Å²) in [6.45, 7) is 1.91. The van der Waals surface area contributed by atoms with Crippen molar-refractivity contribution in [2.24, 2.45) is 5.92 Å². The Kier molecular flexibility index (Phi) is 5.67. The average molecular weight is 430 g/mol. The molecule has 0 spiro atoms. The monoisotopic (exact) mass is 429 g/mol. The van der Waals surface area contributed by atoms with Crippen molar-refractivity contribution < 1.29 is 14.0 Å². The SMILES string of the molecule is Cc1cnc2c(C(=O)N[C@H]3CC[C@H](C(=O)Nc4ccc(F)cc4Cl)CC3)cnn2c1. The van der Waals surface area contributed by atoms with Crippen LogP contribution in [-0.4, -0.2) is 32.5 Å². The third kappa shape index (κ3) is 4.28. The van der Waals surface area contributed by atoms with Crippen molar-refractivity contribution in [3.8, 4) is 0 Å². The molecule has 4 rings (SSSR count). The number of aromatic nitrogens is 3. The van der Waals surface area contributed by atoms with Crippen molar-refractivity contribution in [1.82, 2.24) is 19.9 Å². The van der Waals surface area contributed by atoms with Crippen LogP contribution in [0, 0.1) is 18.7 Å². The molecule has 30 heavy (non-hydrogen) atoms. The summed E-state index contributed by atoms with van der Waals surface area (Å²) in [6.07, 6.45) is 7.69. The largest absolute Gasteiger partial charge is 0.349 e. The first-order valence-corrected chi connectivity index (χ1v) is 10.2. The number of carbonyl (C=O) groups excluding carboxylic acids is 2. The number of hydrogen-bond donors (Lipinski definition) is 2. The Balaban J connectivity index is 1.32. The van der Waals surface area contributed by atoms with Gasteiger partial charge in [0.1, 0.15) is 11.4 Å². The number of carbonyl (C=O) groups is 2. The highest BCUT2D eigenvalue weighted by molar-refractivity contribution is 6.33. The number of fused-ring (bicyclic) bond motifs is 1. The minimum Gasteiger partial charge on any atom is -0.349 e. The maximum absolute atomic E-state index is 13.2. The quantitative estimate of drug-likeness (QED) is 0.661. The zero-order chi connectivity index (χ0) is 21.3. The fourth-order valence-corrected chi connectivity index (χ4v) is 3.93. The minimum atomic E-state index is -0.453. The van der Waals surface area contributed by atoms with Crippen LogP contribution in [0.5, 0.6) is 0 Å². The first-order valence-electron chi connectivity index (χ1n) is 9.77. The molecule has 0 radical (unpaired) electrons. The maximum Gasteiger partial charge on any atom is 0.256 e. The number of rotatable bonds is 4. The summed E-state index contributed by atoms with van der Waals surface area (Å²) >= 11 is 5.98. The molecule has 1 aliphatic rings. The van der Waals surface area contributed by atoms with E-state index in [9.17, 15) is 14.0 Å². The molecule has 156 valence electrons. The molecule has 7 nitrogen and oxygen atoms in total. The van der Waals surface area contributed by atoms with Gasteiger partial charge in [0.25, 0.3) is 5.91 Å². The average Bonchev–Trinajstić information content (AvgIpc) is 3.13. The number of aryl methyl sites for hydroxylation is 1. The van der Waals surface area contributed by atoms with Crippen molar-refractivity contribution >= 4 is 34.7 Å². The van der Waals surface area contributed by atoms with Gasteiger partial charge in [-0.25, -0.2) is 13.9 Å². The Morgan fingerprint density at radius 3 is 2.70 bits per heavy atom. The molecule has 3 aromatic rings. The molecule has 2 N–H and O–H groups in total. The highest BCUT2D eigenvalue weighted by Gasteiger charge is 2.28. The lowest BCUT2D eigenvalue weighted by atomic mass is 9.85. The third-order valence-electron chi connectivity index (χ3n) is 5.35. The fraction of sp³-hybridized carbons (Fsp3) is 0.333. The van der Waals surface area contributed by atoms with Crippen molar-refractivity contribution in [3.63, 3.8) is 0 Å². The number of hydrogen-bond acceptors (Lipinski definition) is 4. The predicted molar refractivity (Wildman–Crippen MR) is 111 cm³/mol. The summed E-state index contributed by atoms with van der Waals surface area (Å²) in [5, 5.41) is 10.1. The Bertz CT molecular complexity index is 1110. The molecule has 9 heteroatoms. The number of nitrogens with one attached hydrogen (secondary N) is 2. The molecule has 2 amide bonds. The first kappa shape index (κ1) is 20.3. The maximum atomic E-state index is 13.2. The normalized spacial score (nSPS) is 18.9. The Morgan fingerprint density at radius 1 is 1.20 bits per heavy atom. The van der Waals surface area contributed by atoms with E-state index in [0.29, 0.717) is 42.6 Å². The number of amides is 2. The molecule has 0 bridgehead atoms. The van der Waals surface area contributed by atoms with Crippen LogP contribution in [-0.2, 0) is 4.79 Å². The van der Waals surface area contributed by atoms with Gasteiger partial charge < -0.3 is 10.6 Å². The van der Waals surface area contributed by atoms with Crippen LogP contribution < -0.4 is 10.6 Å². The van der Waals surface area contributed by atoms with Gasteiger partial charge in [0.2, 0.25) is 5.91 Å². The van der Waals surface area contributed by atoms with Gasteiger partial charge >= 0.3 is 0 Å². The van der Waals surface area contributed by atoms with Gasteiger partial charge in [-0.1, -0.05) is 11.6 Å². The second kappa shape index (κ2) is 8.39. The molecule has 1 saturated carbocycles. The Labute approximate surface area is 177 Å². The molecular weight excluding hydrogens is 409 g/mol. The third-order valence-corrected chi connectivity index (χ3v) is 5.67. The van der Waals surface area contributed by atoms with Gasteiger partial charge in [0.05, 0.1) is 16.9 Å². The Morgan fingerprint density at radius 2 is 1.97 bits per heavy atom. The lowest BCUT2D eigenvalue weighted by molar-refractivity contribution is -0.120. The summed E-state index contributed by atoms with van der Waals surface area (Å²) in [6, 6.07) is 3.86. The van der Waals surface area contributed by atoms with Crippen LogP contribution in [0.15, 0.2) is 36.8 Å². The van der Waals surface area contributed by atoms with E-state index >= 15 is 0 Å². The van der Waals surface area contributed by atoms with Crippen LogP contribution in [0.2, 0.25) is 5.02 Å². The second-order valence-corrected chi connectivity index (χ2v) is 8.00. The summed E-state index contributed by atoms with van der Waals surface area (Å²) < 4.78 is 14.7. The number of nitrogens with zero attached hydrogens (tertiary/aromatic N) is 3. The number of halogens is 2. The predicted octanol–water partition coefficient (Wildman–Crippen LogP) is 3.76. The minimum absolute atomic E-state index is 0.0173. The molecule has 2 aromatic heterocycles. The van der Waals surface area contributed by atoms with E-state index < -0.39 is 5.82 Å². The van der Waals surface area contributed by atoms with Gasteiger partial charge in [-0.3, -0.25) is 9.59 Å². The Hall–Kier alpha value is -3.00. The zero-order valence-electron chi connectivity index (χ0n) is 16.4. The van der Waals surface area contributed by atoms with Gasteiger partial charge in [-0.2, -0.15) is 5.10 Å². The van der Waals surface area contributed by atoms with Crippen LogP contribution in [0.4, 0.5) is 10.1 Å². The van der Waals surface area contributed by atoms with Gasteiger partial charge in [0.15, 0.2) is 5.65 Å². The first-order chi connectivity index (χ1) is 14.4. The lowest BCUT2D eigenvalue weighted by Crippen LogP contribution is -2.39. The van der Waals surface area contributed by atoms with E-state index in [1.54, 1.807) is 10.7 Å². The van der Waals surface area contributed by atoms with E-state index in [-0.39, 0.29) is 28.8 Å². The van der Waals surface area contributed by atoms with Crippen LogP contribution >= 0.6 is 11.6 Å². The highest BCUT2D eigenvalue weighted by Crippen LogP contribution is 2.28. The van der Waals surface area contributed by atoms with Crippen LogP contribution in [0.1, 0.15) is 41.6 Å². The molecule has 1 aromatic carbocycles. The fourth-order valence-electron chi connectivity index (χ4n) is 3.72. The zero-order valence-corrected chi connectivity index (χ0v) is 17.1. The molecule has 0 unspecified atom stereocenters. The molecule has 0 saturated heterocycles. The second-order valence-electron chi connectivity index (χ2n) is 7.59. The van der Waals surface area contributed by atoms with Crippen LogP contribution in [0.25, 0.3) is 5.65 Å². The van der Waals surface area contributed by atoms with E-state index in [1.807, 2.05) is 13.1 Å². The van der Waals surface area contributed by atoms with Gasteiger partial charge in [-0.15, -0.1) is 0 Å². The van der Waals surface area contributed by atoms with Crippen molar-refractivity contribution in [2.45, 2.75) is 38.6 Å². The standard InChI is InChI=1S/C21H21ClFN5O2/c1-12-9-24-19-16(10-25-28(19)11-12)21(30)26-15-5-2-13(3-6-15)20(29)27-18-7-4-14(23)8-17(18)22/h4,7-11,13,15H,2-3,5-6H2,1H3,(H,26,30)(H,27,29)/t13-,15-. The van der Waals surface area contributed by atoms with E-state index in [0.717, 1.165) is 5.56 Å². The summed E-state index contributed by atoms with van der Waals surface area (Å²) in [5.41, 5.74) is 2.30. The van der Waals surface area contributed by atoms with Gasteiger partial charge in [-0.05, 0) is 56.4 Å². The number of benzene rings is 1. The van der Waals surface area contributed by atoms with Crippen molar-refractivity contribution in [2.75, 3.05) is 5.32 Å². The number of anilines is 1. The van der Waals surface area contributed by atoms with E-state index in [1.165, 1.54) is 24.4 Å². The summed E-state index contributed by atoms with van der Waals surface area (Å²) in [7, 11) is 0. The van der Waals surface area contributed by atoms with E-state index in [2.05, 4.69) is 20.7 Å². The molecule has 1 aliphatic carbocycles. The summed E-state index contributed by atoms with van der Waals surface area (Å²) in [5.74, 6) is -0.991. The molecule has 0 aliphatic heterocycles. The molecule has 1 fully saturated rings. The van der Waals surface area contributed by atoms with Crippen LogP contribution in [0.3, 0.4) is 0 Å². The topological polar surface area (TPSA) is 88.4 Å². The van der Waals surface area contributed by atoms with E-state index in [4.69, 9.17) is 11.6 Å². The van der Waals surface area contributed by atoms with Crippen molar-refractivity contribution in [1.29, 1.82) is 0 Å². The molecule has 2 heterocycles. The highest BCUT2D eigenvalue weighted by atomic mass is 35.5. The molecular formula is C21H21ClFN5O2. The smallest absolute Gasteiger partial charge is 0.256 e. The van der Waals surface area contributed by atoms with Crippen molar-refractivity contribution in [3.05, 3.63) is 58.8 Å². The van der Waals surface area contributed by atoms with Gasteiger partial charge in [0, 0.05) is 24.4 Å². The molecule has 0 atom stereocenters. The summed E-state index contributed by atoms with van der Waals surface area (Å²) in [4.78, 5) is 29.5. The lowest BCUT2D eigenvalue weighted by Gasteiger charge is -2.28.